The van der Waals surface area contributed by atoms with E-state index in [1.54, 1.807) is 0 Å². The maximum atomic E-state index is 3.49. The van der Waals surface area contributed by atoms with Crippen molar-refractivity contribution in [3.63, 3.8) is 0 Å². The fourth-order valence-electron chi connectivity index (χ4n) is 0. The van der Waals surface area contributed by atoms with Gasteiger partial charge in [0.2, 0.25) is 0 Å². The Hall–Kier alpha value is 1.75. The Morgan fingerprint density at radius 2 is 1.14 bits per heavy atom. The third kappa shape index (κ3) is 83.5. The summed E-state index contributed by atoms with van der Waals surface area (Å²) in [6, 6.07) is 0. The van der Waals surface area contributed by atoms with E-state index in [9.17, 15) is 0 Å². The van der Waals surface area contributed by atoms with Crippen molar-refractivity contribution in [2.75, 3.05) is 0 Å². The van der Waals surface area contributed by atoms with Crippen LogP contribution in [0.25, 0.3) is 0 Å². The first-order valence-electron chi connectivity index (χ1n) is 1.21. The Balaban J connectivity index is -0.00000000333. The topological polar surface area (TPSA) is 0 Å². The monoisotopic (exact) mass is 238 g/mol. The molecule has 0 radical (unpaired) electrons. The molecule has 0 heterocycles. The Morgan fingerprint density at radius 1 is 1.14 bits per heavy atom. The molecule has 0 spiro atoms. The third-order valence-corrected chi connectivity index (χ3v) is 0. The van der Waals surface area contributed by atoms with Crippen LogP contribution in [0.5, 0.6) is 0 Å². The maximum absolute atomic E-state index is 3.49. The maximum Gasteiger partial charge on any atom is 4.00 e. The summed E-state index contributed by atoms with van der Waals surface area (Å²) in [4.78, 5) is 0. The van der Waals surface area contributed by atoms with Gasteiger partial charge < -0.3 is 44.1 Å². The van der Waals surface area contributed by atoms with E-state index in [4.69, 9.17) is 0 Å². The minimum Gasteiger partial charge on any atom is -1.00 e. The average Bonchev–Trinajstić information content (AvgIpc) is 0.918. The van der Waals surface area contributed by atoms with Gasteiger partial charge in [0, 0.05) is 0 Å². The first-order valence-corrected chi connectivity index (χ1v) is 1.21. The van der Waals surface area contributed by atoms with Crippen molar-refractivity contribution in [2.24, 2.45) is 0 Å². The summed E-state index contributed by atoms with van der Waals surface area (Å²) in [5, 5.41) is 0. The van der Waals surface area contributed by atoms with Gasteiger partial charge in [-0.25, -0.2) is 0 Å². The summed E-state index contributed by atoms with van der Waals surface area (Å²) in [6.45, 7) is 5.50. The van der Waals surface area contributed by atoms with E-state index in [0.717, 1.165) is 6.42 Å². The molecule has 0 rings (SSSR count). The van der Waals surface area contributed by atoms with Gasteiger partial charge >= 0.3 is 26.2 Å². The van der Waals surface area contributed by atoms with Crippen LogP contribution in [-0.2, 0) is 26.2 Å². The molecule has 0 aliphatic heterocycles. The summed E-state index contributed by atoms with van der Waals surface area (Å²) in [5.41, 5.74) is 0. The molecule has 0 atom stereocenters. The zero-order valence-electron chi connectivity index (χ0n) is 4.05. The van der Waals surface area contributed by atoms with Crippen molar-refractivity contribution in [3.8, 4) is 0 Å². The molecule has 0 aliphatic rings. The van der Waals surface area contributed by atoms with Crippen molar-refractivity contribution < 1.29 is 63.4 Å². The fourth-order valence-corrected chi connectivity index (χ4v) is 0. The normalized spacial score (nSPS) is 2.57. The van der Waals surface area contributed by atoms with Gasteiger partial charge in [0.05, 0.1) is 0 Å². The Bertz CT molecular complexity index is 10.1. The average molecular weight is 241 g/mol. The van der Waals surface area contributed by atoms with Gasteiger partial charge in [-0.15, -0.1) is 0 Å². The molecule has 7 heavy (non-hydrogen) atoms. The molecule has 0 nitrogen and oxygen atoms in total. The Labute approximate surface area is 83.2 Å². The van der Waals surface area contributed by atoms with Gasteiger partial charge in [-0.1, -0.05) is 6.92 Å². The van der Waals surface area contributed by atoms with Crippen LogP contribution in [0.3, 0.4) is 0 Å². The molecule has 0 N–H and O–H groups in total. The predicted molar refractivity (Wildman–Crippen MR) is 15.6 cm³/mol. The largest absolute Gasteiger partial charge is 4.00 e. The van der Waals surface area contributed by atoms with Crippen LogP contribution in [0.1, 0.15) is 13.3 Å². The molecule has 4 heteroatoms. The van der Waals surface area contributed by atoms with E-state index in [1.165, 1.54) is 0 Å². The van der Waals surface area contributed by atoms with E-state index in [-0.39, 0.29) is 63.4 Å². The standard InChI is InChI=1S/C3H7.3ClH.Zr/c1-3-2;;;;/h1,3H2,2H3;3*1H;/q-1;;;;+4/p-3. The summed E-state index contributed by atoms with van der Waals surface area (Å²) in [6.07, 6.45) is 1.00. The van der Waals surface area contributed by atoms with Gasteiger partial charge in [-0.05, 0) is 0 Å². The van der Waals surface area contributed by atoms with Crippen LogP contribution in [0.4, 0.5) is 0 Å². The molecule has 0 aromatic carbocycles. The molecule has 0 aromatic rings. The Kier molecular flexibility index (Phi) is 249. The van der Waals surface area contributed by atoms with Crippen molar-refractivity contribution in [3.05, 3.63) is 6.92 Å². The molecular weight excluding hydrogens is 234 g/mol. The second-order valence-corrected chi connectivity index (χ2v) is 0.500. The zero-order valence-corrected chi connectivity index (χ0v) is 8.77. The van der Waals surface area contributed by atoms with Crippen LogP contribution in [0, 0.1) is 6.92 Å². The molecule has 0 fully saturated rings. The SMILES string of the molecule is [CH2-]CC.[Cl-].[Cl-].[Cl-].[Zr+4]. The van der Waals surface area contributed by atoms with Crippen LogP contribution < -0.4 is 37.2 Å². The molecule has 0 aromatic heterocycles. The third-order valence-electron chi connectivity index (χ3n) is 0. The summed E-state index contributed by atoms with van der Waals surface area (Å²) in [7, 11) is 0. The summed E-state index contributed by atoms with van der Waals surface area (Å²) < 4.78 is 0. The molecule has 0 aliphatic carbocycles. The van der Waals surface area contributed by atoms with Crippen molar-refractivity contribution in [2.45, 2.75) is 13.3 Å². The number of rotatable bonds is 0. The predicted octanol–water partition coefficient (Wildman–Crippen LogP) is -7.76. The van der Waals surface area contributed by atoms with Crippen molar-refractivity contribution >= 4 is 0 Å². The summed E-state index contributed by atoms with van der Waals surface area (Å²) in [5.74, 6) is 0. The Morgan fingerprint density at radius 3 is 1.14 bits per heavy atom. The van der Waals surface area contributed by atoms with E-state index >= 15 is 0 Å². The number of hydrogen-bond donors (Lipinski definition) is 0. The van der Waals surface area contributed by atoms with E-state index in [1.807, 2.05) is 6.92 Å². The quantitative estimate of drug-likeness (QED) is 0.369. The van der Waals surface area contributed by atoms with Gasteiger partial charge in [0.1, 0.15) is 0 Å². The van der Waals surface area contributed by atoms with Gasteiger partial charge in [0.15, 0.2) is 0 Å². The second kappa shape index (κ2) is 46.6. The van der Waals surface area contributed by atoms with Crippen LogP contribution in [0.15, 0.2) is 0 Å². The number of halogens is 3. The fraction of sp³-hybridized carbons (Fsp3) is 0.667. The first kappa shape index (κ1) is 37.4. The van der Waals surface area contributed by atoms with Crippen LogP contribution >= 0.6 is 0 Å². The van der Waals surface area contributed by atoms with Crippen LogP contribution in [-0.4, -0.2) is 0 Å². The van der Waals surface area contributed by atoms with E-state index < -0.39 is 0 Å². The van der Waals surface area contributed by atoms with Gasteiger partial charge in [-0.2, -0.15) is 6.42 Å². The van der Waals surface area contributed by atoms with E-state index in [0.29, 0.717) is 0 Å². The molecule has 0 saturated carbocycles. The minimum atomic E-state index is 0. The molecule has 0 bridgehead atoms. The van der Waals surface area contributed by atoms with Gasteiger partial charge in [-0.3, -0.25) is 0 Å². The molecular formula is C3H7Cl3Zr. The van der Waals surface area contributed by atoms with Crippen molar-refractivity contribution in [1.82, 2.24) is 0 Å². The van der Waals surface area contributed by atoms with Gasteiger partial charge in [0.25, 0.3) is 0 Å². The molecule has 0 amide bonds. The minimum absolute atomic E-state index is 0. The smallest absolute Gasteiger partial charge is 1.00 e. The summed E-state index contributed by atoms with van der Waals surface area (Å²) >= 11 is 0. The molecule has 0 unspecified atom stereocenters. The van der Waals surface area contributed by atoms with Crippen LogP contribution in [0.2, 0.25) is 0 Å². The van der Waals surface area contributed by atoms with E-state index in [2.05, 4.69) is 6.92 Å². The number of hydrogen-bond acceptors (Lipinski definition) is 0. The second-order valence-electron chi connectivity index (χ2n) is 0.500. The van der Waals surface area contributed by atoms with Crippen molar-refractivity contribution in [1.29, 1.82) is 0 Å². The molecule has 0 saturated heterocycles. The molecule has 44 valence electrons. The zero-order chi connectivity index (χ0) is 2.71. The first-order chi connectivity index (χ1) is 1.41.